The Morgan fingerprint density at radius 3 is 2.75 bits per heavy atom. The molecule has 0 aliphatic rings. The average Bonchev–Trinajstić information content (AvgIpc) is 2.04. The number of aliphatic hydroxyl groups excluding tert-OH is 1. The van der Waals surface area contributed by atoms with E-state index in [4.69, 9.17) is 28.3 Å². The summed E-state index contributed by atoms with van der Waals surface area (Å²) in [6.45, 7) is 0.154. The Morgan fingerprint density at radius 2 is 2.17 bits per heavy atom. The molecule has 65 valence electrons. The summed E-state index contributed by atoms with van der Waals surface area (Å²) in [5.41, 5.74) is 0.870. The van der Waals surface area contributed by atoms with Crippen molar-refractivity contribution in [3.63, 3.8) is 0 Å². The first-order valence-electron chi connectivity index (χ1n) is 3.71. The van der Waals surface area contributed by atoms with Crippen LogP contribution in [0.5, 0.6) is 0 Å². The highest BCUT2D eigenvalue weighted by molar-refractivity contribution is 6.35. The summed E-state index contributed by atoms with van der Waals surface area (Å²) in [6, 6.07) is 6.29. The zero-order chi connectivity index (χ0) is 8.97. The van der Waals surface area contributed by atoms with Crippen LogP contribution in [0.4, 0.5) is 0 Å². The zero-order valence-corrected chi connectivity index (χ0v) is 7.99. The first-order chi connectivity index (χ1) is 5.75. The first kappa shape index (κ1) is 9.85. The van der Waals surface area contributed by atoms with Gasteiger partial charge in [-0.05, 0) is 24.5 Å². The fraction of sp³-hybridized carbons (Fsp3) is 0.333. The van der Waals surface area contributed by atoms with Crippen molar-refractivity contribution in [2.75, 3.05) is 6.61 Å². The van der Waals surface area contributed by atoms with Gasteiger partial charge in [0.2, 0.25) is 0 Å². The summed E-state index contributed by atoms with van der Waals surface area (Å²) in [5, 5.41) is 9.81. The minimum absolute atomic E-state index is 0.154. The molecular weight excluding hydrogens is 195 g/mol. The molecule has 0 aliphatic heterocycles. The van der Waals surface area contributed by atoms with Crippen molar-refractivity contribution < 1.29 is 5.11 Å². The summed E-state index contributed by atoms with van der Waals surface area (Å²) >= 11 is 11.7. The largest absolute Gasteiger partial charge is 0.396 e. The van der Waals surface area contributed by atoms with Crippen LogP contribution in [-0.4, -0.2) is 11.7 Å². The molecule has 0 bridgehead atoms. The third kappa shape index (κ3) is 2.37. The predicted molar refractivity (Wildman–Crippen MR) is 50.7 cm³/mol. The number of aliphatic hydroxyl groups is 1. The summed E-state index contributed by atoms with van der Waals surface area (Å²) in [4.78, 5) is 0. The normalized spacial score (nSPS) is 10.2. The highest BCUT2D eigenvalue weighted by atomic mass is 35.5. The predicted octanol–water partition coefficient (Wildman–Crippen LogP) is 2.72. The number of hydrogen-bond donors (Lipinski definition) is 1. The summed E-state index contributed by atoms with van der Waals surface area (Å²) in [7, 11) is 0. The second-order valence-corrected chi connectivity index (χ2v) is 3.23. The lowest BCUT2D eigenvalue weighted by molar-refractivity contribution is 0.288. The van der Waals surface area contributed by atoms with E-state index in [0.29, 0.717) is 22.9 Å². The summed E-state index contributed by atoms with van der Waals surface area (Å²) in [5.74, 6) is 0. The third-order valence-corrected chi connectivity index (χ3v) is 2.27. The molecule has 0 atom stereocenters. The van der Waals surface area contributed by atoms with Crippen LogP contribution in [0.15, 0.2) is 12.1 Å². The molecule has 1 aromatic carbocycles. The van der Waals surface area contributed by atoms with Gasteiger partial charge in [0, 0.05) is 17.7 Å². The highest BCUT2D eigenvalue weighted by Crippen LogP contribution is 2.24. The van der Waals surface area contributed by atoms with Crippen LogP contribution in [0.3, 0.4) is 0 Å². The SMILES string of the molecule is OCCCc1c(Cl)[c]ccc1Cl. The number of halogens is 2. The van der Waals surface area contributed by atoms with Gasteiger partial charge < -0.3 is 5.11 Å². The van der Waals surface area contributed by atoms with E-state index in [1.807, 2.05) is 0 Å². The monoisotopic (exact) mass is 203 g/mol. The maximum Gasteiger partial charge on any atom is 0.0531 e. The minimum Gasteiger partial charge on any atom is -0.396 e. The molecule has 0 aromatic heterocycles. The van der Waals surface area contributed by atoms with E-state index in [2.05, 4.69) is 6.07 Å². The fourth-order valence-corrected chi connectivity index (χ4v) is 1.53. The smallest absolute Gasteiger partial charge is 0.0531 e. The molecule has 0 saturated carbocycles. The Labute approximate surface area is 81.9 Å². The molecule has 0 spiro atoms. The van der Waals surface area contributed by atoms with Crippen LogP contribution in [0.2, 0.25) is 10.0 Å². The zero-order valence-electron chi connectivity index (χ0n) is 6.48. The quantitative estimate of drug-likeness (QED) is 0.802. The van der Waals surface area contributed by atoms with Gasteiger partial charge in [0.25, 0.3) is 0 Å². The average molecular weight is 204 g/mol. The van der Waals surface area contributed by atoms with E-state index >= 15 is 0 Å². The lowest BCUT2D eigenvalue weighted by Crippen LogP contribution is -1.91. The lowest BCUT2D eigenvalue weighted by atomic mass is 10.1. The van der Waals surface area contributed by atoms with Gasteiger partial charge in [-0.25, -0.2) is 0 Å². The maximum atomic E-state index is 8.61. The van der Waals surface area contributed by atoms with Crippen LogP contribution in [0.1, 0.15) is 12.0 Å². The first-order valence-corrected chi connectivity index (χ1v) is 4.46. The van der Waals surface area contributed by atoms with Gasteiger partial charge >= 0.3 is 0 Å². The Kier molecular flexibility index (Phi) is 3.86. The molecule has 1 radical (unpaired) electrons. The number of rotatable bonds is 3. The van der Waals surface area contributed by atoms with Crippen molar-refractivity contribution >= 4 is 23.2 Å². The minimum atomic E-state index is 0.154. The van der Waals surface area contributed by atoms with Gasteiger partial charge in [0.1, 0.15) is 0 Å². The number of hydrogen-bond acceptors (Lipinski definition) is 1. The molecule has 0 unspecified atom stereocenters. The van der Waals surface area contributed by atoms with E-state index in [9.17, 15) is 0 Å². The van der Waals surface area contributed by atoms with E-state index in [1.165, 1.54) is 0 Å². The maximum absolute atomic E-state index is 8.61. The van der Waals surface area contributed by atoms with Crippen LogP contribution in [-0.2, 0) is 6.42 Å². The summed E-state index contributed by atoms with van der Waals surface area (Å²) < 4.78 is 0. The van der Waals surface area contributed by atoms with E-state index in [0.717, 1.165) is 5.56 Å². The van der Waals surface area contributed by atoms with E-state index < -0.39 is 0 Å². The van der Waals surface area contributed by atoms with Crippen LogP contribution < -0.4 is 0 Å². The van der Waals surface area contributed by atoms with E-state index in [1.54, 1.807) is 12.1 Å². The Hall–Kier alpha value is -0.240. The van der Waals surface area contributed by atoms with Crippen molar-refractivity contribution in [3.8, 4) is 0 Å². The lowest BCUT2D eigenvalue weighted by Gasteiger charge is -2.04. The molecule has 0 amide bonds. The molecule has 0 fully saturated rings. The van der Waals surface area contributed by atoms with Crippen molar-refractivity contribution in [1.29, 1.82) is 0 Å². The Morgan fingerprint density at radius 1 is 1.42 bits per heavy atom. The van der Waals surface area contributed by atoms with Crippen molar-refractivity contribution in [1.82, 2.24) is 0 Å². The van der Waals surface area contributed by atoms with Gasteiger partial charge in [0.15, 0.2) is 0 Å². The fourth-order valence-electron chi connectivity index (χ4n) is 0.966. The second-order valence-electron chi connectivity index (χ2n) is 2.45. The standard InChI is InChI=1S/C9H9Cl2O/c10-8-4-1-5-9(11)7(8)3-2-6-12/h1,4,12H,2-3,6H2. The Balaban J connectivity index is 2.81. The van der Waals surface area contributed by atoms with Crippen molar-refractivity contribution in [2.24, 2.45) is 0 Å². The molecule has 12 heavy (non-hydrogen) atoms. The Bertz CT molecular complexity index is 240. The van der Waals surface area contributed by atoms with Gasteiger partial charge in [-0.3, -0.25) is 0 Å². The molecule has 0 aliphatic carbocycles. The summed E-state index contributed by atoms with van der Waals surface area (Å²) in [6.07, 6.45) is 1.38. The molecule has 0 heterocycles. The molecule has 3 heteroatoms. The van der Waals surface area contributed by atoms with Gasteiger partial charge in [-0.2, -0.15) is 0 Å². The van der Waals surface area contributed by atoms with Gasteiger partial charge in [-0.15, -0.1) is 0 Å². The highest BCUT2D eigenvalue weighted by Gasteiger charge is 2.03. The molecular formula is C9H9Cl2O. The molecule has 1 aromatic rings. The van der Waals surface area contributed by atoms with Gasteiger partial charge in [0.05, 0.1) is 5.02 Å². The van der Waals surface area contributed by atoms with Crippen LogP contribution in [0, 0.1) is 6.07 Å². The van der Waals surface area contributed by atoms with Crippen LogP contribution >= 0.6 is 23.2 Å². The third-order valence-electron chi connectivity index (χ3n) is 1.58. The molecule has 1 nitrogen and oxygen atoms in total. The topological polar surface area (TPSA) is 20.2 Å². The van der Waals surface area contributed by atoms with Crippen molar-refractivity contribution in [2.45, 2.75) is 12.8 Å². The number of benzene rings is 1. The van der Waals surface area contributed by atoms with Crippen LogP contribution in [0.25, 0.3) is 0 Å². The second kappa shape index (κ2) is 4.70. The molecule has 1 rings (SSSR count). The van der Waals surface area contributed by atoms with Gasteiger partial charge in [-0.1, -0.05) is 29.3 Å². The molecule has 0 saturated heterocycles. The molecule has 1 N–H and O–H groups in total. The van der Waals surface area contributed by atoms with Crippen molar-refractivity contribution in [3.05, 3.63) is 33.8 Å². The van der Waals surface area contributed by atoms with E-state index in [-0.39, 0.29) is 6.61 Å².